The zero-order chi connectivity index (χ0) is 23.5. The fourth-order valence-electron chi connectivity index (χ4n) is 4.50. The van der Waals surface area contributed by atoms with Crippen molar-refractivity contribution >= 4 is 11.8 Å². The fraction of sp³-hybridized carbons (Fsp3) is 0.333. The Morgan fingerprint density at radius 1 is 0.912 bits per heavy atom. The van der Waals surface area contributed by atoms with Gasteiger partial charge in [0, 0.05) is 6.54 Å². The molecule has 3 aromatic carbocycles. The van der Waals surface area contributed by atoms with Gasteiger partial charge in [0.15, 0.2) is 11.6 Å². The summed E-state index contributed by atoms with van der Waals surface area (Å²) in [5, 5.41) is 19.3. The standard InChI is InChI=1S/C27H28FNO4S/c28-24-22(31)12-13-23-27(24)34-26(19-4-8-20(30)9-5-19)25(33-23)18-6-10-21(11-7-18)32-17-16-29-14-2-1-3-15-29/h4-13,25-26,30-31H,1-3,14-17H2/t25-,26+/m1/s1. The second-order valence-corrected chi connectivity index (χ2v) is 9.87. The van der Waals surface area contributed by atoms with Gasteiger partial charge in [-0.2, -0.15) is 0 Å². The van der Waals surface area contributed by atoms with Crippen LogP contribution in [0.5, 0.6) is 23.0 Å². The van der Waals surface area contributed by atoms with Crippen molar-refractivity contribution in [1.29, 1.82) is 0 Å². The number of piperidine rings is 1. The number of likely N-dealkylation sites (tertiary alicyclic amines) is 1. The Labute approximate surface area is 203 Å². The molecular weight excluding hydrogens is 453 g/mol. The third-order valence-corrected chi connectivity index (χ3v) is 7.76. The van der Waals surface area contributed by atoms with Crippen LogP contribution in [0.2, 0.25) is 0 Å². The second-order valence-electron chi connectivity index (χ2n) is 8.71. The molecule has 2 atom stereocenters. The SMILES string of the molecule is Oc1ccc([C@@H]2Sc3c(ccc(O)c3F)O[C@@H]2c2ccc(OCCN3CCCCC3)cc2)cc1. The summed E-state index contributed by atoms with van der Waals surface area (Å²) in [4.78, 5) is 2.73. The minimum absolute atomic E-state index is 0.164. The van der Waals surface area contributed by atoms with E-state index in [9.17, 15) is 14.6 Å². The zero-order valence-electron chi connectivity index (χ0n) is 18.8. The Balaban J connectivity index is 1.35. The average Bonchev–Trinajstić information content (AvgIpc) is 2.87. The minimum atomic E-state index is -0.679. The first-order valence-corrected chi connectivity index (χ1v) is 12.6. The predicted octanol–water partition coefficient (Wildman–Crippen LogP) is 6.07. The molecule has 5 nitrogen and oxygen atoms in total. The smallest absolute Gasteiger partial charge is 0.182 e. The molecule has 0 spiro atoms. The van der Waals surface area contributed by atoms with Crippen LogP contribution in [0.1, 0.15) is 41.7 Å². The van der Waals surface area contributed by atoms with Gasteiger partial charge in [0.25, 0.3) is 0 Å². The summed E-state index contributed by atoms with van der Waals surface area (Å²) in [6, 6.07) is 17.6. The molecule has 0 amide bonds. The van der Waals surface area contributed by atoms with E-state index >= 15 is 0 Å². The van der Waals surface area contributed by atoms with Crippen LogP contribution in [-0.4, -0.2) is 41.4 Å². The Kier molecular flexibility index (Phi) is 6.83. The molecule has 3 aromatic rings. The molecular formula is C27H28FNO4S. The van der Waals surface area contributed by atoms with Crippen molar-refractivity contribution in [2.75, 3.05) is 26.2 Å². The van der Waals surface area contributed by atoms with E-state index in [1.807, 2.05) is 36.4 Å². The summed E-state index contributed by atoms with van der Waals surface area (Å²) in [5.74, 6) is 0.298. The van der Waals surface area contributed by atoms with Crippen LogP contribution < -0.4 is 9.47 Å². The molecule has 0 unspecified atom stereocenters. The van der Waals surface area contributed by atoms with Gasteiger partial charge in [0.1, 0.15) is 30.0 Å². The van der Waals surface area contributed by atoms with Gasteiger partial charge in [-0.1, -0.05) is 30.7 Å². The molecule has 7 heteroatoms. The number of ether oxygens (including phenoxy) is 2. The lowest BCUT2D eigenvalue weighted by atomic mass is 10.00. The number of fused-ring (bicyclic) bond motifs is 1. The number of phenolic OH excluding ortho intramolecular Hbond substituents is 2. The number of nitrogens with zero attached hydrogens (tertiary/aromatic N) is 1. The molecule has 0 radical (unpaired) electrons. The normalized spacial score (nSPS) is 20.4. The van der Waals surface area contributed by atoms with Crippen LogP contribution >= 0.6 is 11.8 Å². The summed E-state index contributed by atoms with van der Waals surface area (Å²) < 4.78 is 26.9. The summed E-state index contributed by atoms with van der Waals surface area (Å²) in [6.45, 7) is 3.89. The molecule has 1 saturated heterocycles. The molecule has 2 aliphatic rings. The van der Waals surface area contributed by atoms with Crippen molar-refractivity contribution in [3.63, 3.8) is 0 Å². The number of phenols is 2. The maximum Gasteiger partial charge on any atom is 0.182 e. The highest BCUT2D eigenvalue weighted by atomic mass is 32.2. The van der Waals surface area contributed by atoms with E-state index in [4.69, 9.17) is 9.47 Å². The van der Waals surface area contributed by atoms with Gasteiger partial charge in [-0.15, -0.1) is 11.8 Å². The number of rotatable bonds is 6. The van der Waals surface area contributed by atoms with Crippen LogP contribution in [0.4, 0.5) is 4.39 Å². The maximum absolute atomic E-state index is 14.7. The Bertz CT molecular complexity index is 1120. The van der Waals surface area contributed by atoms with E-state index in [2.05, 4.69) is 4.90 Å². The maximum atomic E-state index is 14.7. The lowest BCUT2D eigenvalue weighted by Crippen LogP contribution is -2.33. The van der Waals surface area contributed by atoms with E-state index in [1.54, 1.807) is 18.2 Å². The summed E-state index contributed by atoms with van der Waals surface area (Å²) in [5.41, 5.74) is 1.83. The van der Waals surface area contributed by atoms with Gasteiger partial charge in [-0.25, -0.2) is 4.39 Å². The molecule has 2 aliphatic heterocycles. The van der Waals surface area contributed by atoms with E-state index in [0.717, 1.165) is 36.5 Å². The molecule has 0 saturated carbocycles. The molecule has 2 heterocycles. The fourth-order valence-corrected chi connectivity index (χ4v) is 5.82. The first kappa shape index (κ1) is 22.9. The molecule has 34 heavy (non-hydrogen) atoms. The van der Waals surface area contributed by atoms with Crippen LogP contribution in [0.15, 0.2) is 65.6 Å². The monoisotopic (exact) mass is 481 g/mol. The average molecular weight is 482 g/mol. The van der Waals surface area contributed by atoms with Crippen molar-refractivity contribution in [2.45, 2.75) is 35.5 Å². The molecule has 0 aromatic heterocycles. The number of halogens is 1. The van der Waals surface area contributed by atoms with Crippen molar-refractivity contribution in [3.05, 3.63) is 77.6 Å². The molecule has 5 rings (SSSR count). The quantitative estimate of drug-likeness (QED) is 0.446. The summed E-state index contributed by atoms with van der Waals surface area (Å²) >= 11 is 1.32. The van der Waals surface area contributed by atoms with Crippen LogP contribution in [0, 0.1) is 5.82 Å². The predicted molar refractivity (Wildman–Crippen MR) is 130 cm³/mol. The number of aromatic hydroxyl groups is 2. The van der Waals surface area contributed by atoms with Gasteiger partial charge in [0.05, 0.1) is 10.1 Å². The van der Waals surface area contributed by atoms with Crippen LogP contribution in [0.3, 0.4) is 0 Å². The Morgan fingerprint density at radius 3 is 2.35 bits per heavy atom. The van der Waals surface area contributed by atoms with E-state index in [-0.39, 0.29) is 22.0 Å². The van der Waals surface area contributed by atoms with Gasteiger partial charge in [0.2, 0.25) is 0 Å². The number of hydrogen-bond donors (Lipinski definition) is 2. The van der Waals surface area contributed by atoms with Crippen LogP contribution in [-0.2, 0) is 0 Å². The minimum Gasteiger partial charge on any atom is -0.508 e. The van der Waals surface area contributed by atoms with Gasteiger partial charge < -0.3 is 19.7 Å². The van der Waals surface area contributed by atoms with Crippen LogP contribution in [0.25, 0.3) is 0 Å². The molecule has 1 fully saturated rings. The highest BCUT2D eigenvalue weighted by Gasteiger charge is 2.35. The molecule has 0 aliphatic carbocycles. The molecule has 0 bridgehead atoms. The number of hydrogen-bond acceptors (Lipinski definition) is 6. The zero-order valence-corrected chi connectivity index (χ0v) is 19.6. The number of benzene rings is 3. The van der Waals surface area contributed by atoms with Crippen molar-refractivity contribution < 1.29 is 24.1 Å². The van der Waals surface area contributed by atoms with Crippen molar-refractivity contribution in [2.24, 2.45) is 0 Å². The molecule has 178 valence electrons. The summed E-state index contributed by atoms with van der Waals surface area (Å²) in [7, 11) is 0. The first-order chi connectivity index (χ1) is 16.6. The lowest BCUT2D eigenvalue weighted by Gasteiger charge is -2.34. The van der Waals surface area contributed by atoms with Gasteiger partial charge >= 0.3 is 0 Å². The second kappa shape index (κ2) is 10.2. The Morgan fingerprint density at radius 2 is 1.62 bits per heavy atom. The first-order valence-electron chi connectivity index (χ1n) is 11.7. The third kappa shape index (κ3) is 4.95. The number of thioether (sulfide) groups is 1. The molecule has 2 N–H and O–H groups in total. The highest BCUT2D eigenvalue weighted by Crippen LogP contribution is 2.55. The topological polar surface area (TPSA) is 62.2 Å². The van der Waals surface area contributed by atoms with Gasteiger partial charge in [-0.3, -0.25) is 4.90 Å². The van der Waals surface area contributed by atoms with E-state index in [0.29, 0.717) is 12.4 Å². The van der Waals surface area contributed by atoms with Crippen molar-refractivity contribution in [1.82, 2.24) is 4.90 Å². The van der Waals surface area contributed by atoms with Gasteiger partial charge in [-0.05, 0) is 73.5 Å². The van der Waals surface area contributed by atoms with E-state index < -0.39 is 11.6 Å². The lowest BCUT2D eigenvalue weighted by molar-refractivity contribution is 0.182. The van der Waals surface area contributed by atoms with E-state index in [1.165, 1.54) is 37.1 Å². The largest absolute Gasteiger partial charge is 0.508 e. The summed E-state index contributed by atoms with van der Waals surface area (Å²) in [6.07, 6.45) is 3.48. The Hall–Kier alpha value is -2.90. The highest BCUT2D eigenvalue weighted by molar-refractivity contribution is 7.99. The third-order valence-electron chi connectivity index (χ3n) is 6.37. The van der Waals surface area contributed by atoms with Crippen molar-refractivity contribution in [3.8, 4) is 23.0 Å².